The number of aryl methyl sites for hydroxylation is 1. The number of nitrogens with one attached hydrogen (secondary N) is 1. The summed E-state index contributed by atoms with van der Waals surface area (Å²) in [5.41, 5.74) is 1.83. The highest BCUT2D eigenvalue weighted by Gasteiger charge is 2.19. The van der Waals surface area contributed by atoms with E-state index in [0.29, 0.717) is 22.2 Å². The summed E-state index contributed by atoms with van der Waals surface area (Å²) in [5, 5.41) is 13.2. The van der Waals surface area contributed by atoms with Gasteiger partial charge in [0.05, 0.1) is 5.39 Å². The van der Waals surface area contributed by atoms with Crippen molar-refractivity contribution in [1.82, 2.24) is 0 Å². The van der Waals surface area contributed by atoms with E-state index in [1.807, 2.05) is 18.2 Å². The number of benzene rings is 2. The molecule has 4 heteroatoms. The summed E-state index contributed by atoms with van der Waals surface area (Å²) in [5.74, 6) is -0.00263. The molecule has 2 aromatic carbocycles. The third kappa shape index (κ3) is 2.01. The number of furan rings is 1. The first-order valence-corrected chi connectivity index (χ1v) is 6.24. The second-order valence-corrected chi connectivity index (χ2v) is 4.53. The molecule has 0 aliphatic heterocycles. The first kappa shape index (κ1) is 12.3. The molecule has 1 amide bonds. The Hall–Kier alpha value is -2.75. The van der Waals surface area contributed by atoms with Gasteiger partial charge >= 0.3 is 0 Å². The van der Waals surface area contributed by atoms with Gasteiger partial charge in [-0.1, -0.05) is 24.3 Å². The molecule has 1 heterocycles. The van der Waals surface area contributed by atoms with E-state index in [2.05, 4.69) is 5.32 Å². The molecule has 1 aromatic heterocycles. The van der Waals surface area contributed by atoms with E-state index < -0.39 is 0 Å². The van der Waals surface area contributed by atoms with Crippen molar-refractivity contribution >= 4 is 22.6 Å². The number of phenols is 1. The lowest BCUT2D eigenvalue weighted by molar-refractivity contribution is 0.0998. The number of para-hydroxylation sites is 1. The van der Waals surface area contributed by atoms with Crippen molar-refractivity contribution < 1.29 is 14.3 Å². The van der Waals surface area contributed by atoms with Gasteiger partial charge in [0.2, 0.25) is 0 Å². The monoisotopic (exact) mass is 267 g/mol. The molecule has 0 fully saturated rings. The van der Waals surface area contributed by atoms with Crippen molar-refractivity contribution in [3.05, 3.63) is 59.9 Å². The van der Waals surface area contributed by atoms with Crippen LogP contribution in [0.5, 0.6) is 5.75 Å². The average molecular weight is 267 g/mol. The normalized spacial score (nSPS) is 10.7. The molecule has 4 nitrogen and oxygen atoms in total. The van der Waals surface area contributed by atoms with Crippen LogP contribution >= 0.6 is 0 Å². The van der Waals surface area contributed by atoms with Gasteiger partial charge in [0.25, 0.3) is 5.91 Å². The van der Waals surface area contributed by atoms with E-state index in [0.717, 1.165) is 0 Å². The second-order valence-electron chi connectivity index (χ2n) is 4.53. The first-order valence-electron chi connectivity index (χ1n) is 6.24. The predicted octanol–water partition coefficient (Wildman–Crippen LogP) is 3.70. The van der Waals surface area contributed by atoms with Crippen molar-refractivity contribution in [2.24, 2.45) is 0 Å². The fraction of sp³-hybridized carbons (Fsp3) is 0.0625. The van der Waals surface area contributed by atoms with Crippen molar-refractivity contribution in [2.75, 3.05) is 5.32 Å². The van der Waals surface area contributed by atoms with E-state index in [1.54, 1.807) is 37.3 Å². The maximum atomic E-state index is 12.2. The zero-order valence-electron chi connectivity index (χ0n) is 10.9. The quantitative estimate of drug-likeness (QED) is 0.744. The maximum absolute atomic E-state index is 12.2. The molecule has 3 aromatic rings. The van der Waals surface area contributed by atoms with Crippen LogP contribution in [0.25, 0.3) is 11.0 Å². The molecule has 0 spiro atoms. The summed E-state index contributed by atoms with van der Waals surface area (Å²) in [6.07, 6.45) is 0. The molecule has 2 N–H and O–H groups in total. The van der Waals surface area contributed by atoms with Crippen LogP contribution in [-0.4, -0.2) is 11.0 Å². The third-order valence-corrected chi connectivity index (χ3v) is 3.17. The number of phenolic OH excluding ortho intramolecular Hbond substituents is 1. The summed E-state index contributed by atoms with van der Waals surface area (Å²) in [7, 11) is 0. The van der Waals surface area contributed by atoms with Crippen LogP contribution in [0.4, 0.5) is 5.69 Å². The Balaban J connectivity index is 2.00. The largest absolute Gasteiger partial charge is 0.507 e. The SMILES string of the molecule is Cc1c(C(=O)Nc2ccccc2)oc2cccc(O)c12. The Morgan fingerprint density at radius 3 is 2.55 bits per heavy atom. The lowest BCUT2D eigenvalue weighted by Crippen LogP contribution is -2.11. The number of anilines is 1. The molecule has 0 aliphatic rings. The van der Waals surface area contributed by atoms with Crippen LogP contribution in [0.3, 0.4) is 0 Å². The van der Waals surface area contributed by atoms with Crippen LogP contribution < -0.4 is 5.32 Å². The van der Waals surface area contributed by atoms with Crippen molar-refractivity contribution in [1.29, 1.82) is 0 Å². The lowest BCUT2D eigenvalue weighted by atomic mass is 10.1. The number of aromatic hydroxyl groups is 1. The standard InChI is InChI=1S/C16H13NO3/c1-10-14-12(18)8-5-9-13(14)20-15(10)16(19)17-11-6-3-2-4-7-11/h2-9,18H,1H3,(H,17,19). The van der Waals surface area contributed by atoms with Gasteiger partial charge in [0.1, 0.15) is 11.3 Å². The third-order valence-electron chi connectivity index (χ3n) is 3.17. The van der Waals surface area contributed by atoms with Crippen molar-refractivity contribution in [3.63, 3.8) is 0 Å². The van der Waals surface area contributed by atoms with Crippen LogP contribution in [0.2, 0.25) is 0 Å². The predicted molar refractivity (Wildman–Crippen MR) is 77.0 cm³/mol. The van der Waals surface area contributed by atoms with E-state index in [1.165, 1.54) is 0 Å². The zero-order valence-corrected chi connectivity index (χ0v) is 10.9. The minimum absolute atomic E-state index is 0.113. The summed E-state index contributed by atoms with van der Waals surface area (Å²) in [6.45, 7) is 1.76. The molecule has 3 rings (SSSR count). The second kappa shape index (κ2) is 4.74. The average Bonchev–Trinajstić information content (AvgIpc) is 2.79. The maximum Gasteiger partial charge on any atom is 0.291 e. The van der Waals surface area contributed by atoms with Gasteiger partial charge in [-0.05, 0) is 31.2 Å². The lowest BCUT2D eigenvalue weighted by Gasteiger charge is -2.02. The summed E-state index contributed by atoms with van der Waals surface area (Å²) in [4.78, 5) is 12.2. The van der Waals surface area contributed by atoms with Crippen molar-refractivity contribution in [3.8, 4) is 5.75 Å². The smallest absolute Gasteiger partial charge is 0.291 e. The molecule has 20 heavy (non-hydrogen) atoms. The Morgan fingerprint density at radius 1 is 1.10 bits per heavy atom. The minimum atomic E-state index is -0.329. The molecule has 0 unspecified atom stereocenters. The number of carbonyl (C=O) groups is 1. The Kier molecular flexibility index (Phi) is 2.91. The topological polar surface area (TPSA) is 62.5 Å². The molecule has 0 atom stereocenters. The van der Waals surface area contributed by atoms with E-state index in [4.69, 9.17) is 4.42 Å². The van der Waals surface area contributed by atoms with Gasteiger partial charge in [-0.15, -0.1) is 0 Å². The van der Waals surface area contributed by atoms with Gasteiger partial charge in [-0.3, -0.25) is 4.79 Å². The minimum Gasteiger partial charge on any atom is -0.507 e. The fourth-order valence-corrected chi connectivity index (χ4v) is 2.21. The Bertz CT molecular complexity index is 775. The zero-order chi connectivity index (χ0) is 14.1. The molecule has 0 aliphatic carbocycles. The van der Waals surface area contributed by atoms with Crippen LogP contribution in [0.1, 0.15) is 16.1 Å². The summed E-state index contributed by atoms with van der Waals surface area (Å²) >= 11 is 0. The van der Waals surface area contributed by atoms with Gasteiger partial charge in [0.15, 0.2) is 5.76 Å². The van der Waals surface area contributed by atoms with Gasteiger partial charge < -0.3 is 14.8 Å². The molecule has 0 bridgehead atoms. The number of amides is 1. The van der Waals surface area contributed by atoms with E-state index >= 15 is 0 Å². The van der Waals surface area contributed by atoms with Gasteiger partial charge in [0, 0.05) is 11.3 Å². The highest BCUT2D eigenvalue weighted by Crippen LogP contribution is 2.32. The molecule has 0 saturated heterocycles. The number of carbonyl (C=O) groups excluding carboxylic acids is 1. The molecule has 100 valence electrons. The number of fused-ring (bicyclic) bond motifs is 1. The van der Waals surface area contributed by atoms with Crippen LogP contribution in [0, 0.1) is 6.92 Å². The molecular formula is C16H13NO3. The fourth-order valence-electron chi connectivity index (χ4n) is 2.21. The highest BCUT2D eigenvalue weighted by atomic mass is 16.3. The van der Waals surface area contributed by atoms with E-state index in [9.17, 15) is 9.90 Å². The number of hydrogen-bond acceptors (Lipinski definition) is 3. The van der Waals surface area contributed by atoms with Crippen molar-refractivity contribution in [2.45, 2.75) is 6.92 Å². The first-order chi connectivity index (χ1) is 9.66. The molecule has 0 saturated carbocycles. The Morgan fingerprint density at radius 2 is 1.85 bits per heavy atom. The van der Waals surface area contributed by atoms with Crippen LogP contribution in [-0.2, 0) is 0 Å². The Labute approximate surface area is 115 Å². The van der Waals surface area contributed by atoms with Crippen LogP contribution in [0.15, 0.2) is 52.9 Å². The highest BCUT2D eigenvalue weighted by molar-refractivity contribution is 6.07. The molecular weight excluding hydrogens is 254 g/mol. The van der Waals surface area contributed by atoms with Gasteiger partial charge in [-0.2, -0.15) is 0 Å². The number of rotatable bonds is 2. The molecule has 0 radical (unpaired) electrons. The summed E-state index contributed by atoms with van der Waals surface area (Å²) < 4.78 is 5.54. The summed E-state index contributed by atoms with van der Waals surface area (Å²) in [6, 6.07) is 14.1. The van der Waals surface area contributed by atoms with E-state index in [-0.39, 0.29) is 17.4 Å². The van der Waals surface area contributed by atoms with Gasteiger partial charge in [-0.25, -0.2) is 0 Å². The number of hydrogen-bond donors (Lipinski definition) is 2.